The number of aliphatic hydroxyl groups is 1. The second-order valence-electron chi connectivity index (χ2n) is 7.10. The van der Waals surface area contributed by atoms with Crippen LogP contribution in [0.25, 0.3) is 5.57 Å². The largest absolute Gasteiger partial charge is 0.443 e. The Morgan fingerprint density at radius 2 is 2.25 bits per heavy atom. The molecule has 1 aliphatic heterocycles. The van der Waals surface area contributed by atoms with E-state index in [1.54, 1.807) is 13.0 Å². The van der Waals surface area contributed by atoms with Gasteiger partial charge in [-0.25, -0.2) is 0 Å². The normalized spacial score (nSPS) is 20.0. The summed E-state index contributed by atoms with van der Waals surface area (Å²) in [6.45, 7) is 5.62. The van der Waals surface area contributed by atoms with Crippen molar-refractivity contribution in [1.29, 1.82) is 0 Å². The summed E-state index contributed by atoms with van der Waals surface area (Å²) in [5.74, 6) is 0.894. The van der Waals surface area contributed by atoms with Gasteiger partial charge in [-0.3, -0.25) is 9.78 Å². The zero-order valence-corrected chi connectivity index (χ0v) is 16.6. The minimum atomic E-state index is -1.12. The van der Waals surface area contributed by atoms with Gasteiger partial charge in [-0.2, -0.15) is 4.98 Å². The highest BCUT2D eigenvalue weighted by Gasteiger charge is 2.26. The molecule has 1 aliphatic carbocycles. The maximum Gasteiger partial charge on any atom is 0.329 e. The molecular formula is C21H27N3O4. The summed E-state index contributed by atoms with van der Waals surface area (Å²) in [4.78, 5) is 24.7. The monoisotopic (exact) mass is 385 g/mol. The van der Waals surface area contributed by atoms with E-state index in [0.717, 1.165) is 29.9 Å². The van der Waals surface area contributed by atoms with Gasteiger partial charge in [0, 0.05) is 0 Å². The molecule has 1 atom stereocenters. The number of fused-ring (bicyclic) bond motifs is 1. The second-order valence-corrected chi connectivity index (χ2v) is 7.10. The lowest BCUT2D eigenvalue weighted by atomic mass is 9.99. The molecule has 7 heteroatoms. The van der Waals surface area contributed by atoms with Crippen LogP contribution >= 0.6 is 0 Å². The molecule has 1 unspecified atom stereocenters. The van der Waals surface area contributed by atoms with Gasteiger partial charge in [-0.1, -0.05) is 42.6 Å². The van der Waals surface area contributed by atoms with E-state index in [1.807, 2.05) is 32.1 Å². The van der Waals surface area contributed by atoms with Crippen LogP contribution in [0.2, 0.25) is 0 Å². The van der Waals surface area contributed by atoms with Crippen molar-refractivity contribution >= 4 is 11.3 Å². The Kier molecular flexibility index (Phi) is 6.46. The topological polar surface area (TPSA) is 96.8 Å². The van der Waals surface area contributed by atoms with Crippen LogP contribution in [0.5, 0.6) is 11.9 Å². The lowest BCUT2D eigenvalue weighted by Gasteiger charge is -2.20. The molecule has 3 rings (SSSR count). The fourth-order valence-corrected chi connectivity index (χ4v) is 3.21. The quantitative estimate of drug-likeness (QED) is 0.404. The molecule has 150 valence electrons. The lowest BCUT2D eigenvalue weighted by Crippen LogP contribution is -2.25. The summed E-state index contributed by atoms with van der Waals surface area (Å²) >= 11 is 0. The molecule has 0 bridgehead atoms. The zero-order valence-electron chi connectivity index (χ0n) is 16.6. The molecule has 1 aromatic rings. The summed E-state index contributed by atoms with van der Waals surface area (Å²) in [7, 11) is 0. The summed E-state index contributed by atoms with van der Waals surface area (Å²) in [6.07, 6.45) is 11.6. The molecule has 7 nitrogen and oxygen atoms in total. The Bertz CT molecular complexity index is 891. The Labute approximate surface area is 164 Å². The first-order valence-electron chi connectivity index (χ1n) is 9.73. The smallest absolute Gasteiger partial charge is 0.329 e. The maximum absolute atomic E-state index is 12.6. The molecule has 2 aliphatic rings. The first kappa shape index (κ1) is 20.1. The first-order valence-corrected chi connectivity index (χ1v) is 9.73. The third-order valence-electron chi connectivity index (χ3n) is 4.86. The van der Waals surface area contributed by atoms with Crippen LogP contribution in [0, 0.1) is 5.92 Å². The van der Waals surface area contributed by atoms with Crippen molar-refractivity contribution in [2.75, 3.05) is 0 Å². The third kappa shape index (κ3) is 4.98. The minimum Gasteiger partial charge on any atom is -0.443 e. The minimum absolute atomic E-state index is 0.0720. The van der Waals surface area contributed by atoms with E-state index in [0.29, 0.717) is 17.7 Å². The van der Waals surface area contributed by atoms with Crippen LogP contribution in [0.1, 0.15) is 58.4 Å². The number of allylic oxidation sites excluding steroid dienone is 5. The zero-order chi connectivity index (χ0) is 20.1. The third-order valence-corrected chi connectivity index (χ3v) is 4.86. The lowest BCUT2D eigenvalue weighted by molar-refractivity contribution is 0.0177. The molecule has 1 saturated carbocycles. The van der Waals surface area contributed by atoms with E-state index in [4.69, 9.17) is 9.57 Å². The highest BCUT2D eigenvalue weighted by Crippen LogP contribution is 2.36. The fourth-order valence-electron chi connectivity index (χ4n) is 3.21. The van der Waals surface area contributed by atoms with Crippen LogP contribution < -0.4 is 15.1 Å². The summed E-state index contributed by atoms with van der Waals surface area (Å²) < 4.78 is 5.33. The van der Waals surface area contributed by atoms with Crippen LogP contribution in [0.4, 0.5) is 0 Å². The number of aliphatic hydroxyl groups excluding tert-OH is 1. The fraction of sp³-hybridized carbons (Fsp3) is 0.476. The predicted molar refractivity (Wildman–Crippen MR) is 108 cm³/mol. The molecule has 2 heterocycles. The molecule has 1 aromatic heterocycles. The van der Waals surface area contributed by atoms with Gasteiger partial charge in [0.25, 0.3) is 5.56 Å². The van der Waals surface area contributed by atoms with Gasteiger partial charge in [0.1, 0.15) is 5.56 Å². The van der Waals surface area contributed by atoms with Crippen LogP contribution in [-0.2, 0) is 0 Å². The van der Waals surface area contributed by atoms with Gasteiger partial charge >= 0.3 is 6.01 Å². The maximum atomic E-state index is 12.6. The van der Waals surface area contributed by atoms with E-state index >= 15 is 0 Å². The van der Waals surface area contributed by atoms with Gasteiger partial charge in [-0.15, -0.1) is 0 Å². The van der Waals surface area contributed by atoms with Gasteiger partial charge in [-0.05, 0) is 56.8 Å². The van der Waals surface area contributed by atoms with Crippen LogP contribution in [-0.4, -0.2) is 27.1 Å². The molecule has 0 aromatic carbocycles. The van der Waals surface area contributed by atoms with Crippen molar-refractivity contribution in [3.8, 4) is 11.9 Å². The number of ether oxygens (including phenoxy) is 1. The molecule has 0 spiro atoms. The van der Waals surface area contributed by atoms with Crippen molar-refractivity contribution in [1.82, 2.24) is 9.97 Å². The van der Waals surface area contributed by atoms with Crippen molar-refractivity contribution in [3.05, 3.63) is 45.8 Å². The summed E-state index contributed by atoms with van der Waals surface area (Å²) in [5.41, 5.74) is 2.30. The first-order chi connectivity index (χ1) is 13.5. The predicted octanol–water partition coefficient (Wildman–Crippen LogP) is 3.72. The second kappa shape index (κ2) is 9.01. The number of rotatable bonds is 8. The molecule has 1 fully saturated rings. The van der Waals surface area contributed by atoms with Crippen molar-refractivity contribution in [3.63, 3.8) is 0 Å². The Morgan fingerprint density at radius 3 is 2.93 bits per heavy atom. The van der Waals surface area contributed by atoms with E-state index < -0.39 is 6.29 Å². The van der Waals surface area contributed by atoms with E-state index in [1.165, 1.54) is 12.8 Å². The standard InChI is InChI=1S/C21H27N3O4/c1-4-7-15(5-2)13(3)24-28-21-22-19(26)18-16(9-6-8-14-10-11-14)12-17(25)27-20(18)23-21/h4-5,7,12,14,17,25H,6,8-11H2,1-3H3,(H,22,23,26)/b7-4-,15-5+,24-13-. The molecular weight excluding hydrogens is 358 g/mol. The van der Waals surface area contributed by atoms with E-state index in [-0.39, 0.29) is 17.4 Å². The number of nitrogens with one attached hydrogen (secondary N) is 1. The number of oxime groups is 1. The Hall–Kier alpha value is -2.67. The van der Waals surface area contributed by atoms with Crippen molar-refractivity contribution < 1.29 is 14.7 Å². The van der Waals surface area contributed by atoms with Crippen molar-refractivity contribution in [2.24, 2.45) is 11.1 Å². The molecule has 0 radical (unpaired) electrons. The number of aromatic amines is 1. The van der Waals surface area contributed by atoms with Gasteiger partial charge in [0.05, 0.1) is 5.71 Å². The number of H-pyrrole nitrogens is 1. The number of hydrogen-bond acceptors (Lipinski definition) is 6. The summed E-state index contributed by atoms with van der Waals surface area (Å²) in [5, 5.41) is 14.0. The summed E-state index contributed by atoms with van der Waals surface area (Å²) in [6, 6.07) is -0.0783. The van der Waals surface area contributed by atoms with Gasteiger partial charge in [0.2, 0.25) is 12.2 Å². The number of hydrogen-bond donors (Lipinski definition) is 2. The average molecular weight is 385 g/mol. The SMILES string of the molecule is C\C=C/C(=C\C)C(/C)=N\Oc1nc2c(c(=O)[nH]1)C(CCCC1CC1)=CC(O)O2. The van der Waals surface area contributed by atoms with E-state index in [2.05, 4.69) is 15.1 Å². The highest BCUT2D eigenvalue weighted by atomic mass is 16.6. The number of aromatic nitrogens is 2. The van der Waals surface area contributed by atoms with Gasteiger partial charge < -0.3 is 14.7 Å². The molecule has 2 N–H and O–H groups in total. The van der Waals surface area contributed by atoms with E-state index in [9.17, 15) is 9.90 Å². The van der Waals surface area contributed by atoms with Crippen molar-refractivity contribution in [2.45, 2.75) is 59.2 Å². The van der Waals surface area contributed by atoms with Gasteiger partial charge in [0.15, 0.2) is 0 Å². The molecule has 0 saturated heterocycles. The highest BCUT2D eigenvalue weighted by molar-refractivity contribution is 6.00. The Balaban J connectivity index is 1.78. The molecule has 28 heavy (non-hydrogen) atoms. The van der Waals surface area contributed by atoms with Crippen LogP contribution in [0.15, 0.2) is 39.8 Å². The Morgan fingerprint density at radius 1 is 1.46 bits per heavy atom. The molecule has 0 amide bonds. The van der Waals surface area contributed by atoms with Crippen LogP contribution in [0.3, 0.4) is 0 Å². The number of nitrogens with zero attached hydrogens (tertiary/aromatic N) is 2. The average Bonchev–Trinajstić information content (AvgIpc) is 3.47.